The first-order chi connectivity index (χ1) is 14.7. The highest BCUT2D eigenvalue weighted by Crippen LogP contribution is 2.35. The van der Waals surface area contributed by atoms with Gasteiger partial charge < -0.3 is 18.8 Å². The standard InChI is InChI=1S/C25H38N2O3/c1-3-4-5-6-7-8-14-27-20-21(24-22(27)10-9-11-23(24)28-2)19-26-15-12-25(13-16-26)29-17-18-30-25/h9-11,20H,3-8,12-19H2,1-2H3. The van der Waals surface area contributed by atoms with Gasteiger partial charge in [-0.1, -0.05) is 45.1 Å². The molecule has 166 valence electrons. The fraction of sp³-hybridized carbons (Fsp3) is 0.680. The summed E-state index contributed by atoms with van der Waals surface area (Å²) >= 11 is 0. The van der Waals surface area contributed by atoms with Crippen molar-refractivity contribution in [3.63, 3.8) is 0 Å². The highest BCUT2D eigenvalue weighted by atomic mass is 16.7. The molecule has 0 aliphatic carbocycles. The molecule has 0 radical (unpaired) electrons. The van der Waals surface area contributed by atoms with Gasteiger partial charge in [0.2, 0.25) is 0 Å². The summed E-state index contributed by atoms with van der Waals surface area (Å²) in [6.07, 6.45) is 12.2. The molecule has 0 saturated carbocycles. The van der Waals surface area contributed by atoms with E-state index in [0.29, 0.717) is 0 Å². The lowest BCUT2D eigenvalue weighted by Crippen LogP contribution is -2.44. The van der Waals surface area contributed by atoms with Gasteiger partial charge in [-0.25, -0.2) is 0 Å². The third kappa shape index (κ3) is 4.84. The molecule has 5 heteroatoms. The number of benzene rings is 1. The summed E-state index contributed by atoms with van der Waals surface area (Å²) in [4.78, 5) is 2.53. The molecule has 0 amide bonds. The highest BCUT2D eigenvalue weighted by molar-refractivity contribution is 5.90. The van der Waals surface area contributed by atoms with Gasteiger partial charge in [0.15, 0.2) is 5.79 Å². The lowest BCUT2D eigenvalue weighted by atomic mass is 10.0. The Hall–Kier alpha value is -1.56. The quantitative estimate of drug-likeness (QED) is 0.491. The van der Waals surface area contributed by atoms with Crippen molar-refractivity contribution in [3.05, 3.63) is 30.0 Å². The Balaban J connectivity index is 1.44. The minimum Gasteiger partial charge on any atom is -0.496 e. The van der Waals surface area contributed by atoms with Crippen molar-refractivity contribution in [3.8, 4) is 5.75 Å². The Kier molecular flexibility index (Phi) is 7.34. The van der Waals surface area contributed by atoms with Crippen LogP contribution < -0.4 is 4.74 Å². The van der Waals surface area contributed by atoms with E-state index in [1.54, 1.807) is 7.11 Å². The van der Waals surface area contributed by atoms with E-state index in [1.165, 1.54) is 55.0 Å². The largest absolute Gasteiger partial charge is 0.496 e. The third-order valence-electron chi connectivity index (χ3n) is 6.74. The number of likely N-dealkylation sites (tertiary alicyclic amines) is 1. The summed E-state index contributed by atoms with van der Waals surface area (Å²) in [5.74, 6) is 0.681. The van der Waals surface area contributed by atoms with Crippen LogP contribution >= 0.6 is 0 Å². The molecule has 0 unspecified atom stereocenters. The molecule has 0 N–H and O–H groups in total. The van der Waals surface area contributed by atoms with Crippen molar-refractivity contribution in [1.29, 1.82) is 0 Å². The van der Waals surface area contributed by atoms with E-state index >= 15 is 0 Å². The maximum absolute atomic E-state index is 5.90. The van der Waals surface area contributed by atoms with Crippen molar-refractivity contribution in [2.45, 2.75) is 77.2 Å². The van der Waals surface area contributed by atoms with Crippen molar-refractivity contribution in [1.82, 2.24) is 9.47 Å². The summed E-state index contributed by atoms with van der Waals surface area (Å²) in [5.41, 5.74) is 2.67. The molecule has 0 atom stereocenters. The molecule has 3 heterocycles. The van der Waals surface area contributed by atoms with Crippen LogP contribution in [0.1, 0.15) is 63.9 Å². The molecule has 2 saturated heterocycles. The lowest BCUT2D eigenvalue weighted by Gasteiger charge is -2.37. The molecule has 4 rings (SSSR count). The maximum Gasteiger partial charge on any atom is 0.170 e. The zero-order valence-corrected chi connectivity index (χ0v) is 18.8. The Morgan fingerprint density at radius 3 is 2.47 bits per heavy atom. The Bertz CT molecular complexity index is 800. The second-order valence-electron chi connectivity index (χ2n) is 8.85. The molecule has 2 aromatic rings. The van der Waals surface area contributed by atoms with Crippen LogP contribution in [0.15, 0.2) is 24.4 Å². The van der Waals surface area contributed by atoms with E-state index in [-0.39, 0.29) is 5.79 Å². The first kappa shape index (κ1) is 21.7. The Morgan fingerprint density at radius 1 is 1.00 bits per heavy atom. The molecule has 0 bridgehead atoms. The van der Waals surface area contributed by atoms with Crippen molar-refractivity contribution >= 4 is 10.9 Å². The van der Waals surface area contributed by atoms with E-state index in [9.17, 15) is 0 Å². The van der Waals surface area contributed by atoms with Crippen LogP contribution in [0.5, 0.6) is 5.75 Å². The van der Waals surface area contributed by atoms with Crippen molar-refractivity contribution < 1.29 is 14.2 Å². The van der Waals surface area contributed by atoms with Gasteiger partial charge in [-0.05, 0) is 24.1 Å². The van der Waals surface area contributed by atoms with Crippen LogP contribution in [0, 0.1) is 0 Å². The second-order valence-corrected chi connectivity index (χ2v) is 8.85. The number of aryl methyl sites for hydroxylation is 1. The number of nitrogens with zero attached hydrogens (tertiary/aromatic N) is 2. The van der Waals surface area contributed by atoms with Crippen LogP contribution in [0.3, 0.4) is 0 Å². The van der Waals surface area contributed by atoms with Gasteiger partial charge in [0, 0.05) is 50.6 Å². The first-order valence-corrected chi connectivity index (χ1v) is 11.9. The van der Waals surface area contributed by atoms with E-state index in [0.717, 1.165) is 58.0 Å². The normalized spacial score (nSPS) is 19.1. The number of piperidine rings is 1. The fourth-order valence-corrected chi connectivity index (χ4v) is 5.02. The van der Waals surface area contributed by atoms with Gasteiger partial charge in [0.25, 0.3) is 0 Å². The number of rotatable bonds is 10. The van der Waals surface area contributed by atoms with Crippen LogP contribution in [0.4, 0.5) is 0 Å². The predicted octanol–water partition coefficient (Wildman–Crippen LogP) is 5.35. The minimum absolute atomic E-state index is 0.306. The Morgan fingerprint density at radius 2 is 1.73 bits per heavy atom. The third-order valence-corrected chi connectivity index (χ3v) is 6.74. The van der Waals surface area contributed by atoms with Gasteiger partial charge in [0.05, 0.1) is 25.8 Å². The molecule has 1 aromatic carbocycles. The van der Waals surface area contributed by atoms with E-state index in [2.05, 4.69) is 40.8 Å². The molecule has 2 aliphatic rings. The second kappa shape index (κ2) is 10.2. The summed E-state index contributed by atoms with van der Waals surface area (Å²) in [7, 11) is 1.78. The summed E-state index contributed by atoms with van der Waals surface area (Å²) < 4.78 is 20.0. The van der Waals surface area contributed by atoms with E-state index in [4.69, 9.17) is 14.2 Å². The number of hydrogen-bond donors (Lipinski definition) is 0. The average molecular weight is 415 g/mol. The highest BCUT2D eigenvalue weighted by Gasteiger charge is 2.39. The molecule has 1 spiro atoms. The molecule has 5 nitrogen and oxygen atoms in total. The Labute approximate surface area is 181 Å². The van der Waals surface area contributed by atoms with Gasteiger partial charge in [-0.3, -0.25) is 4.90 Å². The van der Waals surface area contributed by atoms with E-state index < -0.39 is 0 Å². The van der Waals surface area contributed by atoms with Crippen LogP contribution in [-0.4, -0.2) is 48.7 Å². The summed E-state index contributed by atoms with van der Waals surface area (Å²) in [6.45, 7) is 7.82. The number of fused-ring (bicyclic) bond motifs is 1. The molecule has 30 heavy (non-hydrogen) atoms. The average Bonchev–Trinajstić information content (AvgIpc) is 3.37. The van der Waals surface area contributed by atoms with Gasteiger partial charge in [-0.2, -0.15) is 0 Å². The SMILES string of the molecule is CCCCCCCCn1cc(CN2CCC3(CC2)OCCO3)c2c(OC)cccc21. The molecule has 2 fully saturated rings. The summed E-state index contributed by atoms with van der Waals surface area (Å²) in [6, 6.07) is 6.44. The maximum atomic E-state index is 5.90. The van der Waals surface area contributed by atoms with Gasteiger partial charge >= 0.3 is 0 Å². The number of methoxy groups -OCH3 is 1. The molecular formula is C25H38N2O3. The van der Waals surface area contributed by atoms with Crippen molar-refractivity contribution in [2.24, 2.45) is 0 Å². The zero-order chi connectivity index (χ0) is 20.8. The first-order valence-electron chi connectivity index (χ1n) is 11.9. The summed E-state index contributed by atoms with van der Waals surface area (Å²) in [5, 5.41) is 1.28. The predicted molar refractivity (Wildman–Crippen MR) is 121 cm³/mol. The fourth-order valence-electron chi connectivity index (χ4n) is 5.02. The van der Waals surface area contributed by atoms with Crippen molar-refractivity contribution in [2.75, 3.05) is 33.4 Å². The van der Waals surface area contributed by atoms with Crippen LogP contribution in [0.2, 0.25) is 0 Å². The smallest absolute Gasteiger partial charge is 0.170 e. The van der Waals surface area contributed by atoms with Crippen LogP contribution in [0.25, 0.3) is 10.9 Å². The number of hydrogen-bond acceptors (Lipinski definition) is 4. The zero-order valence-electron chi connectivity index (χ0n) is 18.8. The van der Waals surface area contributed by atoms with Gasteiger partial charge in [-0.15, -0.1) is 0 Å². The van der Waals surface area contributed by atoms with Crippen LogP contribution in [-0.2, 0) is 22.6 Å². The monoisotopic (exact) mass is 414 g/mol. The lowest BCUT2D eigenvalue weighted by molar-refractivity contribution is -0.185. The number of ether oxygens (including phenoxy) is 3. The molecule has 2 aliphatic heterocycles. The molecule has 1 aromatic heterocycles. The van der Waals surface area contributed by atoms with E-state index in [1.807, 2.05) is 0 Å². The number of aromatic nitrogens is 1. The van der Waals surface area contributed by atoms with Gasteiger partial charge in [0.1, 0.15) is 5.75 Å². The number of unbranched alkanes of at least 4 members (excludes halogenated alkanes) is 5. The molecular weight excluding hydrogens is 376 g/mol. The topological polar surface area (TPSA) is 35.9 Å². The minimum atomic E-state index is -0.306.